The van der Waals surface area contributed by atoms with Gasteiger partial charge in [-0.2, -0.15) is 0 Å². The van der Waals surface area contributed by atoms with Crippen molar-refractivity contribution in [3.8, 4) is 6.01 Å². The van der Waals surface area contributed by atoms with E-state index in [1.165, 1.54) is 6.20 Å². The van der Waals surface area contributed by atoms with Gasteiger partial charge in [0.1, 0.15) is 0 Å². The lowest BCUT2D eigenvalue weighted by atomic mass is 9.98. The van der Waals surface area contributed by atoms with Gasteiger partial charge >= 0.3 is 12.2 Å². The normalized spacial score (nSPS) is 10.6. The molecule has 22 heavy (non-hydrogen) atoms. The van der Waals surface area contributed by atoms with E-state index in [1.807, 2.05) is 60.7 Å². The maximum atomic E-state index is 10.8. The van der Waals surface area contributed by atoms with Crippen molar-refractivity contribution in [1.29, 1.82) is 0 Å². The van der Waals surface area contributed by atoms with Crippen LogP contribution in [0, 0.1) is 0 Å². The third kappa shape index (κ3) is 2.83. The van der Waals surface area contributed by atoms with Gasteiger partial charge in [0, 0.05) is 12.4 Å². The van der Waals surface area contributed by atoms with Crippen LogP contribution >= 0.6 is 0 Å². The quantitative estimate of drug-likeness (QED) is 0.747. The number of benzene rings is 2. The summed E-state index contributed by atoms with van der Waals surface area (Å²) in [5.41, 5.74) is 2.03. The molecule has 5 heteroatoms. The second-order valence-electron chi connectivity index (χ2n) is 4.71. The lowest BCUT2D eigenvalue weighted by Crippen LogP contribution is -2.15. The molecule has 3 rings (SSSR count). The van der Waals surface area contributed by atoms with E-state index < -0.39 is 6.16 Å². The van der Waals surface area contributed by atoms with E-state index in [0.29, 0.717) is 0 Å². The summed E-state index contributed by atoms with van der Waals surface area (Å²) < 4.78 is 6.48. The SMILES string of the molecule is O=C(O)Oc1nccn1C(c1ccccc1)c1ccccc1. The molecule has 0 aliphatic carbocycles. The zero-order valence-corrected chi connectivity index (χ0v) is 11.7. The lowest BCUT2D eigenvalue weighted by molar-refractivity contribution is 0.138. The van der Waals surface area contributed by atoms with Crippen molar-refractivity contribution in [3.63, 3.8) is 0 Å². The third-order valence-electron chi connectivity index (χ3n) is 3.32. The second kappa shape index (κ2) is 6.13. The molecule has 0 saturated heterocycles. The molecule has 0 amide bonds. The summed E-state index contributed by atoms with van der Waals surface area (Å²) in [5, 5.41) is 8.86. The van der Waals surface area contributed by atoms with E-state index in [0.717, 1.165) is 11.1 Å². The molecule has 110 valence electrons. The molecule has 1 aromatic heterocycles. The zero-order valence-electron chi connectivity index (χ0n) is 11.7. The highest BCUT2D eigenvalue weighted by Gasteiger charge is 2.20. The Bertz CT molecular complexity index is 714. The summed E-state index contributed by atoms with van der Waals surface area (Å²) in [6.45, 7) is 0. The number of nitrogens with zero attached hydrogens (tertiary/aromatic N) is 2. The molecule has 0 saturated carbocycles. The molecule has 0 unspecified atom stereocenters. The van der Waals surface area contributed by atoms with Crippen LogP contribution in [-0.4, -0.2) is 20.8 Å². The molecular formula is C17H14N2O3. The molecule has 1 heterocycles. The number of carbonyl (C=O) groups is 1. The van der Waals surface area contributed by atoms with E-state index >= 15 is 0 Å². The molecule has 0 spiro atoms. The number of imidazole rings is 1. The van der Waals surface area contributed by atoms with Gasteiger partial charge in [-0.05, 0) is 11.1 Å². The molecule has 3 aromatic rings. The number of carboxylic acid groups (broad SMARTS) is 1. The Kier molecular flexibility index (Phi) is 3.87. The fourth-order valence-corrected chi connectivity index (χ4v) is 2.44. The summed E-state index contributed by atoms with van der Waals surface area (Å²) in [5.74, 6) is 0. The monoisotopic (exact) mass is 294 g/mol. The molecule has 0 radical (unpaired) electrons. The Balaban J connectivity index is 2.11. The average molecular weight is 294 g/mol. The van der Waals surface area contributed by atoms with Crippen molar-refractivity contribution in [2.45, 2.75) is 6.04 Å². The molecule has 0 aliphatic heterocycles. The van der Waals surface area contributed by atoms with Crippen molar-refractivity contribution in [1.82, 2.24) is 9.55 Å². The first-order valence-electron chi connectivity index (χ1n) is 6.79. The predicted molar refractivity (Wildman–Crippen MR) is 81.0 cm³/mol. The highest BCUT2D eigenvalue weighted by atomic mass is 16.7. The van der Waals surface area contributed by atoms with Crippen LogP contribution in [0.15, 0.2) is 73.1 Å². The van der Waals surface area contributed by atoms with Gasteiger partial charge in [-0.3, -0.25) is 4.57 Å². The van der Waals surface area contributed by atoms with Gasteiger partial charge in [-0.15, -0.1) is 0 Å². The number of rotatable bonds is 4. The van der Waals surface area contributed by atoms with Crippen molar-refractivity contribution in [2.75, 3.05) is 0 Å². The van der Waals surface area contributed by atoms with Crippen molar-refractivity contribution >= 4 is 6.16 Å². The van der Waals surface area contributed by atoms with Gasteiger partial charge in [-0.25, -0.2) is 9.78 Å². The molecule has 0 atom stereocenters. The maximum Gasteiger partial charge on any atom is 0.513 e. The Morgan fingerprint density at radius 1 is 1.00 bits per heavy atom. The summed E-state index contributed by atoms with van der Waals surface area (Å²) in [4.78, 5) is 14.8. The largest absolute Gasteiger partial charge is 0.513 e. The first kappa shape index (κ1) is 13.9. The van der Waals surface area contributed by atoms with Gasteiger partial charge in [0.05, 0.1) is 6.04 Å². The first-order chi connectivity index (χ1) is 10.8. The van der Waals surface area contributed by atoms with E-state index in [4.69, 9.17) is 9.84 Å². The van der Waals surface area contributed by atoms with Gasteiger partial charge < -0.3 is 9.84 Å². The van der Waals surface area contributed by atoms with Crippen LogP contribution in [0.5, 0.6) is 6.01 Å². The molecular weight excluding hydrogens is 280 g/mol. The number of aromatic nitrogens is 2. The van der Waals surface area contributed by atoms with Gasteiger partial charge in [0.15, 0.2) is 0 Å². The molecule has 1 N–H and O–H groups in total. The molecule has 0 aliphatic rings. The Hall–Kier alpha value is -3.08. The summed E-state index contributed by atoms with van der Waals surface area (Å²) >= 11 is 0. The van der Waals surface area contributed by atoms with Crippen LogP contribution in [0.2, 0.25) is 0 Å². The van der Waals surface area contributed by atoms with E-state index in [9.17, 15) is 4.79 Å². The Labute approximate surface area is 127 Å². The van der Waals surface area contributed by atoms with E-state index in [-0.39, 0.29) is 12.1 Å². The summed E-state index contributed by atoms with van der Waals surface area (Å²) in [7, 11) is 0. The average Bonchev–Trinajstić information content (AvgIpc) is 2.97. The Morgan fingerprint density at radius 3 is 2.05 bits per heavy atom. The van der Waals surface area contributed by atoms with Gasteiger partial charge in [0.25, 0.3) is 0 Å². The van der Waals surface area contributed by atoms with Crippen LogP contribution in [0.25, 0.3) is 0 Å². The maximum absolute atomic E-state index is 10.8. The first-order valence-corrected chi connectivity index (χ1v) is 6.79. The molecule has 0 fully saturated rings. The minimum Gasteiger partial charge on any atom is -0.449 e. The molecule has 5 nitrogen and oxygen atoms in total. The Morgan fingerprint density at radius 2 is 1.55 bits per heavy atom. The van der Waals surface area contributed by atoms with Gasteiger partial charge in [0.2, 0.25) is 0 Å². The van der Waals surface area contributed by atoms with Crippen molar-refractivity contribution < 1.29 is 14.6 Å². The highest BCUT2D eigenvalue weighted by molar-refractivity contribution is 5.59. The fourth-order valence-electron chi connectivity index (χ4n) is 2.44. The third-order valence-corrected chi connectivity index (χ3v) is 3.32. The second-order valence-corrected chi connectivity index (χ2v) is 4.71. The smallest absolute Gasteiger partial charge is 0.449 e. The van der Waals surface area contributed by atoms with Gasteiger partial charge in [-0.1, -0.05) is 60.7 Å². The highest BCUT2D eigenvalue weighted by Crippen LogP contribution is 2.29. The van der Waals surface area contributed by atoms with Crippen LogP contribution in [0.3, 0.4) is 0 Å². The number of ether oxygens (including phenoxy) is 1. The number of hydrogen-bond donors (Lipinski definition) is 1. The summed E-state index contributed by atoms with van der Waals surface area (Å²) in [6, 6.07) is 19.4. The fraction of sp³-hybridized carbons (Fsp3) is 0.0588. The van der Waals surface area contributed by atoms with Crippen LogP contribution in [-0.2, 0) is 0 Å². The molecule has 2 aromatic carbocycles. The van der Waals surface area contributed by atoms with Crippen molar-refractivity contribution in [3.05, 3.63) is 84.2 Å². The molecule has 0 bridgehead atoms. The standard InChI is InChI=1S/C17H14N2O3/c20-17(21)22-16-18-11-12-19(16)15(13-7-3-1-4-8-13)14-9-5-2-6-10-14/h1-12,15H,(H,20,21). The van der Waals surface area contributed by atoms with Crippen LogP contribution < -0.4 is 4.74 Å². The minimum absolute atomic E-state index is 0.0465. The predicted octanol–water partition coefficient (Wildman–Crippen LogP) is 3.58. The lowest BCUT2D eigenvalue weighted by Gasteiger charge is -2.21. The van der Waals surface area contributed by atoms with Crippen molar-refractivity contribution in [2.24, 2.45) is 0 Å². The van der Waals surface area contributed by atoms with E-state index in [1.54, 1.807) is 10.8 Å². The zero-order chi connectivity index (χ0) is 15.4. The summed E-state index contributed by atoms with van der Waals surface area (Å²) in [6.07, 6.45) is 1.85. The number of hydrogen-bond acceptors (Lipinski definition) is 3. The van der Waals surface area contributed by atoms with Crippen LogP contribution in [0.1, 0.15) is 17.2 Å². The minimum atomic E-state index is -1.38. The van der Waals surface area contributed by atoms with Crippen LogP contribution in [0.4, 0.5) is 4.79 Å². The van der Waals surface area contributed by atoms with E-state index in [2.05, 4.69) is 4.98 Å². The topological polar surface area (TPSA) is 64.3 Å².